The van der Waals surface area contributed by atoms with Gasteiger partial charge in [0, 0.05) is 0 Å². The Morgan fingerprint density at radius 2 is 2.27 bits per heavy atom. The molecule has 0 fully saturated rings. The van der Waals surface area contributed by atoms with Gasteiger partial charge in [-0.1, -0.05) is 0 Å². The first kappa shape index (κ1) is 12.1. The lowest BCUT2D eigenvalue weighted by Crippen LogP contribution is -1.99. The molecule has 0 aliphatic rings. The average Bonchev–Trinajstić information content (AvgIpc) is 2.22. The number of nitrogens with two attached hydrogens (primary N) is 1. The first-order valence-electron chi connectivity index (χ1n) is 4.46. The lowest BCUT2D eigenvalue weighted by atomic mass is 10.2. The molecule has 0 heterocycles. The van der Waals surface area contributed by atoms with Crippen LogP contribution in [0, 0.1) is 3.57 Å². The van der Waals surface area contributed by atoms with Crippen LogP contribution in [-0.2, 0) is 0 Å². The molecule has 15 heavy (non-hydrogen) atoms. The number of benzene rings is 1. The second-order valence-electron chi connectivity index (χ2n) is 2.75. The summed E-state index contributed by atoms with van der Waals surface area (Å²) in [6.45, 7) is 2.54. The molecule has 5 heteroatoms. The molecule has 0 radical (unpaired) electrons. The molecule has 2 N–H and O–H groups in total. The zero-order chi connectivity index (χ0) is 11.3. The van der Waals surface area contributed by atoms with Crippen LogP contribution in [0.2, 0.25) is 0 Å². The van der Waals surface area contributed by atoms with E-state index in [4.69, 9.17) is 15.3 Å². The molecule has 1 aromatic rings. The molecule has 0 aromatic heterocycles. The summed E-state index contributed by atoms with van der Waals surface area (Å²) in [5, 5.41) is 3.47. The number of hydrogen-bond donors (Lipinski definition) is 1. The number of hydrogen-bond acceptors (Lipinski definition) is 4. The quantitative estimate of drug-likeness (QED) is 0.399. The molecule has 0 amide bonds. The molecule has 1 rings (SSSR count). The van der Waals surface area contributed by atoms with Crippen LogP contribution in [0.25, 0.3) is 0 Å². The van der Waals surface area contributed by atoms with Gasteiger partial charge in [-0.15, -0.1) is 0 Å². The largest absolute Gasteiger partial charge is 0.493 e. The second-order valence-corrected chi connectivity index (χ2v) is 3.91. The van der Waals surface area contributed by atoms with Crippen LogP contribution in [0.4, 0.5) is 0 Å². The summed E-state index contributed by atoms with van der Waals surface area (Å²) in [4.78, 5) is 0. The van der Waals surface area contributed by atoms with Gasteiger partial charge in [0.25, 0.3) is 0 Å². The third-order valence-electron chi connectivity index (χ3n) is 1.76. The Hall–Kier alpha value is -0.980. The predicted molar refractivity (Wildman–Crippen MR) is 68.7 cm³/mol. The van der Waals surface area contributed by atoms with Crippen LogP contribution in [0.5, 0.6) is 11.5 Å². The Balaban J connectivity index is 3.17. The molecule has 0 aliphatic carbocycles. The Labute approximate surface area is 103 Å². The van der Waals surface area contributed by atoms with Crippen LogP contribution < -0.4 is 15.3 Å². The van der Waals surface area contributed by atoms with Crippen LogP contribution in [0.15, 0.2) is 17.2 Å². The SMILES string of the molecule is CCOc1c(I)cc(C=NN)cc1OC. The Morgan fingerprint density at radius 1 is 1.53 bits per heavy atom. The van der Waals surface area contributed by atoms with Crippen molar-refractivity contribution in [2.45, 2.75) is 6.92 Å². The van der Waals surface area contributed by atoms with E-state index < -0.39 is 0 Å². The number of rotatable bonds is 4. The van der Waals surface area contributed by atoms with Gasteiger partial charge in [-0.05, 0) is 47.2 Å². The summed E-state index contributed by atoms with van der Waals surface area (Å²) < 4.78 is 11.7. The fraction of sp³-hybridized carbons (Fsp3) is 0.300. The molecule has 0 unspecified atom stereocenters. The molecule has 0 saturated carbocycles. The fourth-order valence-corrected chi connectivity index (χ4v) is 1.97. The van der Waals surface area contributed by atoms with Gasteiger partial charge in [0.2, 0.25) is 0 Å². The van der Waals surface area contributed by atoms with Crippen LogP contribution in [-0.4, -0.2) is 19.9 Å². The lowest BCUT2D eigenvalue weighted by Gasteiger charge is -2.11. The normalized spacial score (nSPS) is 10.6. The fourth-order valence-electron chi connectivity index (χ4n) is 1.18. The van der Waals surface area contributed by atoms with Crippen molar-refractivity contribution in [2.75, 3.05) is 13.7 Å². The Kier molecular flexibility index (Phi) is 4.67. The van der Waals surface area contributed by atoms with Gasteiger partial charge in [-0.3, -0.25) is 0 Å². The van der Waals surface area contributed by atoms with Crippen molar-refractivity contribution in [1.82, 2.24) is 0 Å². The van der Waals surface area contributed by atoms with Gasteiger partial charge in [-0.2, -0.15) is 5.10 Å². The van der Waals surface area contributed by atoms with E-state index in [1.807, 2.05) is 19.1 Å². The van der Waals surface area contributed by atoms with Crippen molar-refractivity contribution in [1.29, 1.82) is 0 Å². The first-order chi connectivity index (χ1) is 7.22. The minimum atomic E-state index is 0.608. The molecule has 1 aromatic carbocycles. The molecular weight excluding hydrogens is 307 g/mol. The van der Waals surface area contributed by atoms with E-state index in [2.05, 4.69) is 27.7 Å². The number of halogens is 1. The lowest BCUT2D eigenvalue weighted by molar-refractivity contribution is 0.308. The minimum Gasteiger partial charge on any atom is -0.493 e. The summed E-state index contributed by atoms with van der Waals surface area (Å²) in [6.07, 6.45) is 1.57. The van der Waals surface area contributed by atoms with Gasteiger partial charge in [-0.25, -0.2) is 0 Å². The summed E-state index contributed by atoms with van der Waals surface area (Å²) in [6, 6.07) is 3.77. The zero-order valence-electron chi connectivity index (χ0n) is 8.66. The molecule has 0 bridgehead atoms. The Morgan fingerprint density at radius 3 is 2.80 bits per heavy atom. The van der Waals surface area contributed by atoms with Gasteiger partial charge >= 0.3 is 0 Å². The molecule has 4 nitrogen and oxygen atoms in total. The minimum absolute atomic E-state index is 0.608. The number of ether oxygens (including phenoxy) is 2. The Bertz CT molecular complexity index is 367. The number of hydrazone groups is 1. The maximum atomic E-state index is 5.48. The van der Waals surface area contributed by atoms with E-state index in [-0.39, 0.29) is 0 Å². The summed E-state index contributed by atoms with van der Waals surface area (Å²) in [7, 11) is 1.61. The molecule has 0 saturated heterocycles. The van der Waals surface area contributed by atoms with Gasteiger partial charge in [0.15, 0.2) is 11.5 Å². The van der Waals surface area contributed by atoms with E-state index >= 15 is 0 Å². The van der Waals surface area contributed by atoms with Crippen LogP contribution >= 0.6 is 22.6 Å². The van der Waals surface area contributed by atoms with Gasteiger partial charge in [0.1, 0.15) is 0 Å². The summed E-state index contributed by atoms with van der Waals surface area (Å²) in [5.74, 6) is 6.55. The third kappa shape index (κ3) is 2.98. The van der Waals surface area contributed by atoms with Crippen molar-refractivity contribution >= 4 is 28.8 Å². The van der Waals surface area contributed by atoms with E-state index in [9.17, 15) is 0 Å². The molecule has 82 valence electrons. The second kappa shape index (κ2) is 5.79. The van der Waals surface area contributed by atoms with E-state index in [1.165, 1.54) is 0 Å². The monoisotopic (exact) mass is 320 g/mol. The van der Waals surface area contributed by atoms with Crippen molar-refractivity contribution in [3.8, 4) is 11.5 Å². The maximum absolute atomic E-state index is 5.48. The smallest absolute Gasteiger partial charge is 0.174 e. The summed E-state index contributed by atoms with van der Waals surface area (Å²) >= 11 is 2.19. The zero-order valence-corrected chi connectivity index (χ0v) is 10.8. The van der Waals surface area contributed by atoms with Crippen molar-refractivity contribution in [3.63, 3.8) is 0 Å². The highest BCUT2D eigenvalue weighted by molar-refractivity contribution is 14.1. The third-order valence-corrected chi connectivity index (χ3v) is 2.57. The van der Waals surface area contributed by atoms with Gasteiger partial charge < -0.3 is 15.3 Å². The van der Waals surface area contributed by atoms with Crippen molar-refractivity contribution < 1.29 is 9.47 Å². The highest BCUT2D eigenvalue weighted by Crippen LogP contribution is 2.33. The van der Waals surface area contributed by atoms with Crippen molar-refractivity contribution in [2.24, 2.45) is 10.9 Å². The standard InChI is InChI=1S/C10H13IN2O2/c1-3-15-10-8(11)4-7(6-13-12)5-9(10)14-2/h4-6H,3,12H2,1-2H3. The molecular formula is C10H13IN2O2. The van der Waals surface area contributed by atoms with E-state index in [0.29, 0.717) is 12.4 Å². The number of nitrogens with zero attached hydrogens (tertiary/aromatic N) is 1. The maximum Gasteiger partial charge on any atom is 0.174 e. The predicted octanol–water partition coefficient (Wildman–Crippen LogP) is 1.99. The van der Waals surface area contributed by atoms with Gasteiger partial charge in [0.05, 0.1) is 23.5 Å². The highest BCUT2D eigenvalue weighted by Gasteiger charge is 2.10. The summed E-state index contributed by atoms with van der Waals surface area (Å²) in [5.41, 5.74) is 0.891. The average molecular weight is 320 g/mol. The topological polar surface area (TPSA) is 56.8 Å². The highest BCUT2D eigenvalue weighted by atomic mass is 127. The van der Waals surface area contributed by atoms with E-state index in [0.717, 1.165) is 14.9 Å². The van der Waals surface area contributed by atoms with E-state index in [1.54, 1.807) is 13.3 Å². The van der Waals surface area contributed by atoms with Crippen LogP contribution in [0.3, 0.4) is 0 Å². The number of methoxy groups -OCH3 is 1. The first-order valence-corrected chi connectivity index (χ1v) is 5.54. The molecule has 0 aliphatic heterocycles. The molecule has 0 atom stereocenters. The van der Waals surface area contributed by atoms with Crippen molar-refractivity contribution in [3.05, 3.63) is 21.3 Å². The molecule has 0 spiro atoms. The van der Waals surface area contributed by atoms with Crippen LogP contribution in [0.1, 0.15) is 12.5 Å².